The van der Waals surface area contributed by atoms with Crippen LogP contribution in [0.5, 0.6) is 0 Å². The van der Waals surface area contributed by atoms with Crippen LogP contribution in [0.4, 0.5) is 0 Å². The predicted octanol–water partition coefficient (Wildman–Crippen LogP) is -1.13. The first-order valence-corrected chi connectivity index (χ1v) is 5.31. The molecule has 6 heteroatoms. The fourth-order valence-electron chi connectivity index (χ4n) is 1.07. The molecule has 0 amide bonds. The molecule has 0 aromatic rings. The second kappa shape index (κ2) is 3.29. The van der Waals surface area contributed by atoms with E-state index in [2.05, 4.69) is 4.72 Å². The van der Waals surface area contributed by atoms with Crippen molar-refractivity contribution in [2.24, 2.45) is 5.73 Å². The van der Waals surface area contributed by atoms with Crippen LogP contribution in [0.15, 0.2) is 0 Å². The second-order valence-corrected chi connectivity index (χ2v) is 5.25. The molecule has 0 aromatic carbocycles. The summed E-state index contributed by atoms with van der Waals surface area (Å²) in [5.41, 5.74) is 5.52. The Morgan fingerprint density at radius 1 is 1.42 bits per heavy atom. The molecule has 72 valence electrons. The van der Waals surface area contributed by atoms with Gasteiger partial charge in [-0.2, -0.15) is 17.4 Å². The van der Waals surface area contributed by atoms with Crippen molar-refractivity contribution in [3.8, 4) is 0 Å². The zero-order valence-electron chi connectivity index (χ0n) is 7.32. The summed E-state index contributed by atoms with van der Waals surface area (Å²) in [6.07, 6.45) is 1.49. The molecular weight excluding hydrogens is 178 g/mol. The minimum Gasteiger partial charge on any atom is -0.328 e. The molecule has 12 heavy (non-hydrogen) atoms. The summed E-state index contributed by atoms with van der Waals surface area (Å²) in [4.78, 5) is 0. The third-order valence-electron chi connectivity index (χ3n) is 1.97. The van der Waals surface area contributed by atoms with Crippen LogP contribution in [-0.4, -0.2) is 38.9 Å². The lowest BCUT2D eigenvalue weighted by molar-refractivity contribution is 0.321. The monoisotopic (exact) mass is 193 g/mol. The van der Waals surface area contributed by atoms with Gasteiger partial charge in [0.15, 0.2) is 0 Å². The van der Waals surface area contributed by atoms with Gasteiger partial charge in [0.2, 0.25) is 0 Å². The Morgan fingerprint density at radius 2 is 1.92 bits per heavy atom. The zero-order valence-corrected chi connectivity index (χ0v) is 8.13. The van der Waals surface area contributed by atoms with Crippen LogP contribution < -0.4 is 10.5 Å². The Balaban J connectivity index is 2.42. The molecule has 0 atom stereocenters. The van der Waals surface area contributed by atoms with E-state index in [1.807, 2.05) is 0 Å². The second-order valence-electron chi connectivity index (χ2n) is 3.33. The zero-order chi connectivity index (χ0) is 9.35. The van der Waals surface area contributed by atoms with Gasteiger partial charge in [0.1, 0.15) is 0 Å². The number of hydrogen-bond donors (Lipinski definition) is 2. The molecule has 0 bridgehead atoms. The molecule has 0 radical (unpaired) electrons. The van der Waals surface area contributed by atoms with E-state index < -0.39 is 10.2 Å². The SMILES string of the molecule is CN(C)S(=O)(=O)NC1CC(N)C1. The Morgan fingerprint density at radius 3 is 2.25 bits per heavy atom. The molecule has 0 aromatic heterocycles. The first kappa shape index (κ1) is 9.91. The largest absolute Gasteiger partial charge is 0.328 e. The van der Waals surface area contributed by atoms with Crippen molar-refractivity contribution in [2.75, 3.05) is 14.1 Å². The topological polar surface area (TPSA) is 75.4 Å². The van der Waals surface area contributed by atoms with Crippen LogP contribution in [0.2, 0.25) is 0 Å². The maximum absolute atomic E-state index is 11.2. The summed E-state index contributed by atoms with van der Waals surface area (Å²) in [5.74, 6) is 0. The quantitative estimate of drug-likeness (QED) is 0.595. The normalized spacial score (nSPS) is 30.3. The third kappa shape index (κ3) is 2.16. The van der Waals surface area contributed by atoms with Crippen molar-refractivity contribution in [3.63, 3.8) is 0 Å². The number of nitrogens with one attached hydrogen (secondary N) is 1. The van der Waals surface area contributed by atoms with E-state index in [4.69, 9.17) is 5.73 Å². The smallest absolute Gasteiger partial charge is 0.279 e. The van der Waals surface area contributed by atoms with E-state index in [0.29, 0.717) is 0 Å². The summed E-state index contributed by atoms with van der Waals surface area (Å²) in [6, 6.07) is 0.201. The predicted molar refractivity (Wildman–Crippen MR) is 46.7 cm³/mol. The summed E-state index contributed by atoms with van der Waals surface area (Å²) in [7, 11) is -0.252. The third-order valence-corrected chi connectivity index (χ3v) is 3.56. The maximum Gasteiger partial charge on any atom is 0.279 e. The molecule has 1 aliphatic carbocycles. The molecule has 1 fully saturated rings. The van der Waals surface area contributed by atoms with Crippen LogP contribution >= 0.6 is 0 Å². The fraction of sp³-hybridized carbons (Fsp3) is 1.00. The van der Waals surface area contributed by atoms with Crippen LogP contribution in [0.3, 0.4) is 0 Å². The first-order valence-electron chi connectivity index (χ1n) is 3.87. The summed E-state index contributed by atoms with van der Waals surface area (Å²) in [6.45, 7) is 0. The van der Waals surface area contributed by atoms with Gasteiger partial charge < -0.3 is 5.73 Å². The molecule has 0 spiro atoms. The van der Waals surface area contributed by atoms with Crippen molar-refractivity contribution in [1.29, 1.82) is 0 Å². The van der Waals surface area contributed by atoms with Gasteiger partial charge in [-0.1, -0.05) is 0 Å². The van der Waals surface area contributed by atoms with Crippen molar-refractivity contribution >= 4 is 10.2 Å². The highest BCUT2D eigenvalue weighted by Crippen LogP contribution is 2.18. The average molecular weight is 193 g/mol. The van der Waals surface area contributed by atoms with Gasteiger partial charge in [0.25, 0.3) is 10.2 Å². The Kier molecular flexibility index (Phi) is 2.72. The van der Waals surface area contributed by atoms with Crippen molar-refractivity contribution in [3.05, 3.63) is 0 Å². The molecule has 1 rings (SSSR count). The minimum absolute atomic E-state index is 0.0346. The Hall–Kier alpha value is -0.170. The fourth-order valence-corrected chi connectivity index (χ4v) is 1.90. The molecule has 3 N–H and O–H groups in total. The van der Waals surface area contributed by atoms with Gasteiger partial charge in [0.05, 0.1) is 0 Å². The molecular formula is C6H15N3O2S. The number of nitrogens with zero attached hydrogens (tertiary/aromatic N) is 1. The van der Waals surface area contributed by atoms with Crippen molar-refractivity contribution in [2.45, 2.75) is 24.9 Å². The van der Waals surface area contributed by atoms with Crippen LogP contribution in [-0.2, 0) is 10.2 Å². The molecule has 0 heterocycles. The highest BCUT2D eigenvalue weighted by atomic mass is 32.2. The van der Waals surface area contributed by atoms with E-state index in [9.17, 15) is 8.42 Å². The van der Waals surface area contributed by atoms with Crippen LogP contribution in [0, 0.1) is 0 Å². The molecule has 0 saturated heterocycles. The Labute approximate surface area is 73.1 Å². The molecule has 1 saturated carbocycles. The minimum atomic E-state index is -3.25. The van der Waals surface area contributed by atoms with E-state index >= 15 is 0 Å². The number of nitrogens with two attached hydrogens (primary N) is 1. The van der Waals surface area contributed by atoms with Gasteiger partial charge in [-0.25, -0.2) is 0 Å². The van der Waals surface area contributed by atoms with Gasteiger partial charge >= 0.3 is 0 Å². The lowest BCUT2D eigenvalue weighted by Gasteiger charge is -2.33. The lowest BCUT2D eigenvalue weighted by Crippen LogP contribution is -2.52. The molecule has 0 unspecified atom stereocenters. The van der Waals surface area contributed by atoms with Gasteiger partial charge in [-0.3, -0.25) is 0 Å². The van der Waals surface area contributed by atoms with Gasteiger partial charge in [-0.05, 0) is 12.8 Å². The number of rotatable bonds is 3. The number of hydrogen-bond acceptors (Lipinski definition) is 3. The first-order chi connectivity index (χ1) is 5.42. The van der Waals surface area contributed by atoms with Crippen LogP contribution in [0.25, 0.3) is 0 Å². The van der Waals surface area contributed by atoms with Gasteiger partial charge in [-0.15, -0.1) is 0 Å². The van der Waals surface area contributed by atoms with E-state index in [0.717, 1.165) is 17.1 Å². The van der Waals surface area contributed by atoms with Crippen molar-refractivity contribution in [1.82, 2.24) is 9.03 Å². The highest BCUT2D eigenvalue weighted by Gasteiger charge is 2.30. The Bertz CT molecular complexity index is 244. The lowest BCUT2D eigenvalue weighted by atomic mass is 9.89. The van der Waals surface area contributed by atoms with E-state index in [-0.39, 0.29) is 12.1 Å². The standard InChI is InChI=1S/C6H15N3O2S/c1-9(2)12(10,11)8-6-3-5(7)4-6/h5-6,8H,3-4,7H2,1-2H3. The highest BCUT2D eigenvalue weighted by molar-refractivity contribution is 7.87. The van der Waals surface area contributed by atoms with Gasteiger partial charge in [0, 0.05) is 26.2 Å². The van der Waals surface area contributed by atoms with E-state index in [1.54, 1.807) is 0 Å². The van der Waals surface area contributed by atoms with Crippen molar-refractivity contribution < 1.29 is 8.42 Å². The maximum atomic E-state index is 11.2. The summed E-state index contributed by atoms with van der Waals surface area (Å²) < 4.78 is 26.1. The molecule has 0 aliphatic heterocycles. The summed E-state index contributed by atoms with van der Waals surface area (Å²) >= 11 is 0. The molecule has 1 aliphatic rings. The van der Waals surface area contributed by atoms with E-state index in [1.165, 1.54) is 14.1 Å². The molecule has 5 nitrogen and oxygen atoms in total. The van der Waals surface area contributed by atoms with Crippen LogP contribution in [0.1, 0.15) is 12.8 Å². The summed E-state index contributed by atoms with van der Waals surface area (Å²) in [5, 5.41) is 0. The average Bonchev–Trinajstić information content (AvgIpc) is 1.83.